The highest BCUT2D eigenvalue weighted by Crippen LogP contribution is 2.39. The Balaban J connectivity index is 1.30. The lowest BCUT2D eigenvalue weighted by Gasteiger charge is -2.15. The summed E-state index contributed by atoms with van der Waals surface area (Å²) in [4.78, 5) is 20.8. The second-order valence-electron chi connectivity index (χ2n) is 8.14. The van der Waals surface area contributed by atoms with Crippen molar-refractivity contribution < 1.29 is 4.79 Å². The average Bonchev–Trinajstić information content (AvgIpc) is 3.57. The van der Waals surface area contributed by atoms with Gasteiger partial charge in [0.25, 0.3) is 5.91 Å². The predicted octanol–water partition coefficient (Wildman–Crippen LogP) is 5.47. The van der Waals surface area contributed by atoms with Crippen LogP contribution in [0.25, 0.3) is 22.2 Å². The van der Waals surface area contributed by atoms with Gasteiger partial charge < -0.3 is 10.3 Å². The number of benzene rings is 3. The first-order valence-electron chi connectivity index (χ1n) is 10.5. The number of nitriles is 1. The molecule has 1 aliphatic carbocycles. The molecule has 5 heteroatoms. The third kappa shape index (κ3) is 3.93. The predicted molar refractivity (Wildman–Crippen MR) is 121 cm³/mol. The molecule has 2 N–H and O–H groups in total. The van der Waals surface area contributed by atoms with Gasteiger partial charge in [-0.05, 0) is 66.8 Å². The summed E-state index contributed by atoms with van der Waals surface area (Å²) in [7, 11) is 0. The number of hydrogen-bond acceptors (Lipinski definition) is 3. The van der Waals surface area contributed by atoms with Crippen LogP contribution < -0.4 is 5.32 Å². The first-order chi connectivity index (χ1) is 15.1. The SMILES string of the molecule is CC(NC(=O)c1ccc2nc(C3CC3)[nH]c2c1)c1ccc(-c2cccc(C#N)c2)cc1. The van der Waals surface area contributed by atoms with Crippen LogP contribution in [0.15, 0.2) is 66.7 Å². The maximum Gasteiger partial charge on any atom is 0.251 e. The van der Waals surface area contributed by atoms with Crippen molar-refractivity contribution >= 4 is 16.9 Å². The summed E-state index contributed by atoms with van der Waals surface area (Å²) in [5, 5.41) is 12.2. The van der Waals surface area contributed by atoms with E-state index in [0.29, 0.717) is 17.0 Å². The van der Waals surface area contributed by atoms with Gasteiger partial charge in [0.2, 0.25) is 0 Å². The lowest BCUT2D eigenvalue weighted by atomic mass is 10.00. The van der Waals surface area contributed by atoms with E-state index in [-0.39, 0.29) is 11.9 Å². The number of fused-ring (bicyclic) bond motifs is 1. The Hall–Kier alpha value is -3.91. The molecule has 5 nitrogen and oxygen atoms in total. The van der Waals surface area contributed by atoms with Gasteiger partial charge in [-0.15, -0.1) is 0 Å². The van der Waals surface area contributed by atoms with Crippen molar-refractivity contribution in [2.75, 3.05) is 0 Å². The summed E-state index contributed by atoms with van der Waals surface area (Å²) in [6, 6.07) is 23.2. The third-order valence-corrected chi connectivity index (χ3v) is 5.81. The van der Waals surface area contributed by atoms with E-state index in [2.05, 4.69) is 21.4 Å². The number of imidazole rings is 1. The molecule has 0 bridgehead atoms. The fourth-order valence-corrected chi connectivity index (χ4v) is 3.82. The summed E-state index contributed by atoms with van der Waals surface area (Å²) < 4.78 is 0. The van der Waals surface area contributed by atoms with Gasteiger partial charge in [-0.3, -0.25) is 4.79 Å². The molecular formula is C26H22N4O. The lowest BCUT2D eigenvalue weighted by Crippen LogP contribution is -2.26. The molecule has 1 heterocycles. The van der Waals surface area contributed by atoms with Gasteiger partial charge in [0.1, 0.15) is 5.82 Å². The van der Waals surface area contributed by atoms with Gasteiger partial charge in [0, 0.05) is 11.5 Å². The second-order valence-corrected chi connectivity index (χ2v) is 8.14. The Labute approximate surface area is 180 Å². The van der Waals surface area contributed by atoms with Crippen molar-refractivity contribution in [1.82, 2.24) is 15.3 Å². The van der Waals surface area contributed by atoms with E-state index in [4.69, 9.17) is 5.26 Å². The van der Waals surface area contributed by atoms with Crippen LogP contribution in [0.1, 0.15) is 59.0 Å². The molecule has 3 aromatic carbocycles. The molecule has 0 spiro atoms. The van der Waals surface area contributed by atoms with Crippen LogP contribution >= 0.6 is 0 Å². The van der Waals surface area contributed by atoms with Crippen LogP contribution in [-0.2, 0) is 0 Å². The molecule has 0 aliphatic heterocycles. The first-order valence-corrected chi connectivity index (χ1v) is 10.5. The third-order valence-electron chi connectivity index (χ3n) is 5.81. The molecule has 5 rings (SSSR count). The fourth-order valence-electron chi connectivity index (χ4n) is 3.82. The first kappa shape index (κ1) is 19.1. The highest BCUT2D eigenvalue weighted by molar-refractivity contribution is 5.97. The Morgan fingerprint density at radius 2 is 1.90 bits per heavy atom. The number of nitrogens with zero attached hydrogens (tertiary/aromatic N) is 2. The molecule has 1 unspecified atom stereocenters. The molecule has 1 fully saturated rings. The van der Waals surface area contributed by atoms with Gasteiger partial charge in [0.05, 0.1) is 28.7 Å². The highest BCUT2D eigenvalue weighted by atomic mass is 16.1. The number of carbonyl (C=O) groups is 1. The van der Waals surface area contributed by atoms with Crippen LogP contribution in [0, 0.1) is 11.3 Å². The number of rotatable bonds is 5. The second kappa shape index (κ2) is 7.73. The van der Waals surface area contributed by atoms with Crippen LogP contribution in [0.5, 0.6) is 0 Å². The topological polar surface area (TPSA) is 81.6 Å². The summed E-state index contributed by atoms with van der Waals surface area (Å²) in [6.45, 7) is 1.98. The highest BCUT2D eigenvalue weighted by Gasteiger charge is 2.26. The molecular weight excluding hydrogens is 384 g/mol. The van der Waals surface area contributed by atoms with E-state index in [1.807, 2.05) is 67.6 Å². The van der Waals surface area contributed by atoms with Crippen molar-refractivity contribution in [1.29, 1.82) is 5.26 Å². The Bertz CT molecular complexity index is 1310. The van der Waals surface area contributed by atoms with Crippen molar-refractivity contribution in [3.8, 4) is 17.2 Å². The van der Waals surface area contributed by atoms with Crippen LogP contribution in [-0.4, -0.2) is 15.9 Å². The molecule has 4 aromatic rings. The van der Waals surface area contributed by atoms with E-state index in [1.54, 1.807) is 6.07 Å². The molecule has 0 radical (unpaired) electrons. The minimum absolute atomic E-state index is 0.109. The van der Waals surface area contributed by atoms with Gasteiger partial charge in [-0.2, -0.15) is 5.26 Å². The fraction of sp³-hybridized carbons (Fsp3) is 0.192. The Morgan fingerprint density at radius 3 is 2.65 bits per heavy atom. The van der Waals surface area contributed by atoms with E-state index < -0.39 is 0 Å². The molecule has 31 heavy (non-hydrogen) atoms. The zero-order valence-corrected chi connectivity index (χ0v) is 17.2. The number of H-pyrrole nitrogens is 1. The van der Waals surface area contributed by atoms with Crippen molar-refractivity contribution in [3.05, 3.63) is 89.2 Å². The zero-order valence-electron chi connectivity index (χ0n) is 17.2. The summed E-state index contributed by atoms with van der Waals surface area (Å²) in [6.07, 6.45) is 2.38. The number of aromatic amines is 1. The maximum absolute atomic E-state index is 12.8. The van der Waals surface area contributed by atoms with E-state index >= 15 is 0 Å². The van der Waals surface area contributed by atoms with Crippen molar-refractivity contribution in [3.63, 3.8) is 0 Å². The lowest BCUT2D eigenvalue weighted by molar-refractivity contribution is 0.0940. The van der Waals surface area contributed by atoms with Gasteiger partial charge in [0.15, 0.2) is 0 Å². The minimum Gasteiger partial charge on any atom is -0.346 e. The maximum atomic E-state index is 12.8. The van der Waals surface area contributed by atoms with Crippen molar-refractivity contribution in [2.24, 2.45) is 0 Å². The normalized spacial score (nSPS) is 14.2. The quantitative estimate of drug-likeness (QED) is 0.461. The average molecular weight is 406 g/mol. The summed E-state index contributed by atoms with van der Waals surface area (Å²) in [5.41, 5.74) is 6.13. The summed E-state index contributed by atoms with van der Waals surface area (Å²) in [5.74, 6) is 1.47. The Morgan fingerprint density at radius 1 is 1.10 bits per heavy atom. The van der Waals surface area contributed by atoms with E-state index in [1.165, 1.54) is 12.8 Å². The van der Waals surface area contributed by atoms with Crippen LogP contribution in [0.2, 0.25) is 0 Å². The molecule has 0 saturated heterocycles. The van der Waals surface area contributed by atoms with Crippen LogP contribution in [0.4, 0.5) is 0 Å². The number of hydrogen-bond donors (Lipinski definition) is 2. The van der Waals surface area contributed by atoms with E-state index in [0.717, 1.165) is 33.5 Å². The van der Waals surface area contributed by atoms with Crippen LogP contribution in [0.3, 0.4) is 0 Å². The molecule has 1 atom stereocenters. The molecule has 1 amide bonds. The molecule has 1 saturated carbocycles. The van der Waals surface area contributed by atoms with Gasteiger partial charge >= 0.3 is 0 Å². The number of amides is 1. The Kier molecular flexibility index (Phi) is 4.76. The van der Waals surface area contributed by atoms with Crippen molar-refractivity contribution in [2.45, 2.75) is 31.7 Å². The molecule has 152 valence electrons. The monoisotopic (exact) mass is 406 g/mol. The largest absolute Gasteiger partial charge is 0.346 e. The number of carbonyl (C=O) groups excluding carboxylic acids is 1. The van der Waals surface area contributed by atoms with E-state index in [9.17, 15) is 4.79 Å². The molecule has 1 aromatic heterocycles. The molecule has 1 aliphatic rings. The number of nitrogens with one attached hydrogen (secondary N) is 2. The van der Waals surface area contributed by atoms with Gasteiger partial charge in [-0.25, -0.2) is 4.98 Å². The standard InChI is InChI=1S/C26H22N4O/c1-16(18-5-7-19(8-6-18)21-4-2-3-17(13-21)15-27)28-26(31)22-11-12-23-24(14-22)30-25(29-23)20-9-10-20/h2-8,11-14,16,20H,9-10H2,1H3,(H,28,31)(H,29,30). The zero-order chi connectivity index (χ0) is 21.4. The smallest absolute Gasteiger partial charge is 0.251 e. The summed E-state index contributed by atoms with van der Waals surface area (Å²) >= 11 is 0. The minimum atomic E-state index is -0.133. The number of aromatic nitrogens is 2. The van der Waals surface area contributed by atoms with Gasteiger partial charge in [-0.1, -0.05) is 36.4 Å².